The standard InChI is InChI=1S/C47H32/c1-47(2)42-23-8-7-17-36(42)39-21-11-20-38-35(26-27-43(47)45(38)39)34-18-10-22-40-41(34)28-31-25-24-30-13-4-6-16-33(30)44(31)46(40)37-19-9-14-29-12-3-5-15-32(29)37/h3-28H,1-2H3. The maximum absolute atomic E-state index is 2.44. The second-order valence-corrected chi connectivity index (χ2v) is 13.6. The Hall–Kier alpha value is -5.72. The number of hydrogen-bond acceptors (Lipinski definition) is 0. The van der Waals surface area contributed by atoms with Crippen molar-refractivity contribution in [2.24, 2.45) is 0 Å². The number of benzene rings is 9. The van der Waals surface area contributed by atoms with Gasteiger partial charge in [0.2, 0.25) is 0 Å². The fraction of sp³-hybridized carbons (Fsp3) is 0.0638. The van der Waals surface area contributed by atoms with E-state index in [9.17, 15) is 0 Å². The van der Waals surface area contributed by atoms with Crippen LogP contribution in [0, 0.1) is 0 Å². The summed E-state index contributed by atoms with van der Waals surface area (Å²) in [5.74, 6) is 0. The van der Waals surface area contributed by atoms with Crippen molar-refractivity contribution < 1.29 is 0 Å². The molecule has 0 bridgehead atoms. The van der Waals surface area contributed by atoms with Crippen LogP contribution in [0.4, 0.5) is 0 Å². The van der Waals surface area contributed by atoms with Gasteiger partial charge in [-0.25, -0.2) is 0 Å². The molecule has 0 aromatic heterocycles. The molecule has 0 spiro atoms. The molecule has 9 aromatic rings. The lowest BCUT2D eigenvalue weighted by atomic mass is 9.68. The molecule has 0 saturated carbocycles. The Morgan fingerprint density at radius 2 is 0.894 bits per heavy atom. The van der Waals surface area contributed by atoms with Crippen LogP contribution in [0.2, 0.25) is 0 Å². The Labute approximate surface area is 274 Å². The van der Waals surface area contributed by atoms with Gasteiger partial charge in [-0.15, -0.1) is 0 Å². The zero-order valence-corrected chi connectivity index (χ0v) is 26.5. The summed E-state index contributed by atoms with van der Waals surface area (Å²) in [5, 5.41) is 13.0. The summed E-state index contributed by atoms with van der Waals surface area (Å²) in [5.41, 5.74) is 10.6. The van der Waals surface area contributed by atoms with E-state index in [0.29, 0.717) is 0 Å². The largest absolute Gasteiger partial charge is 0.0619 e. The summed E-state index contributed by atoms with van der Waals surface area (Å²) in [6, 6.07) is 59.0. The molecule has 0 nitrogen and oxygen atoms in total. The molecule has 47 heavy (non-hydrogen) atoms. The molecule has 0 saturated heterocycles. The zero-order chi connectivity index (χ0) is 31.3. The van der Waals surface area contributed by atoms with Crippen LogP contribution in [0.25, 0.3) is 87.2 Å². The second-order valence-electron chi connectivity index (χ2n) is 13.6. The Morgan fingerprint density at radius 1 is 0.319 bits per heavy atom. The minimum absolute atomic E-state index is 0.0841. The van der Waals surface area contributed by atoms with Gasteiger partial charge in [-0.05, 0) is 104 Å². The van der Waals surface area contributed by atoms with Gasteiger partial charge in [-0.1, -0.05) is 166 Å². The highest BCUT2D eigenvalue weighted by atomic mass is 14.4. The summed E-state index contributed by atoms with van der Waals surface area (Å²) >= 11 is 0. The van der Waals surface area contributed by atoms with Gasteiger partial charge in [0.15, 0.2) is 0 Å². The van der Waals surface area contributed by atoms with Crippen molar-refractivity contribution in [2.45, 2.75) is 19.3 Å². The average molecular weight is 597 g/mol. The van der Waals surface area contributed by atoms with E-state index in [1.807, 2.05) is 0 Å². The van der Waals surface area contributed by atoms with E-state index < -0.39 is 0 Å². The smallest absolute Gasteiger partial charge is 0.0159 e. The van der Waals surface area contributed by atoms with Crippen molar-refractivity contribution in [3.8, 4) is 33.4 Å². The highest BCUT2D eigenvalue weighted by Crippen LogP contribution is 2.51. The third-order valence-corrected chi connectivity index (χ3v) is 10.8. The van der Waals surface area contributed by atoms with Crippen LogP contribution in [0.3, 0.4) is 0 Å². The van der Waals surface area contributed by atoms with E-state index >= 15 is 0 Å². The molecule has 220 valence electrons. The van der Waals surface area contributed by atoms with Crippen LogP contribution in [-0.2, 0) is 5.41 Å². The van der Waals surface area contributed by atoms with Crippen LogP contribution in [0.1, 0.15) is 25.0 Å². The zero-order valence-electron chi connectivity index (χ0n) is 26.5. The van der Waals surface area contributed by atoms with E-state index in [1.165, 1.54) is 98.4 Å². The van der Waals surface area contributed by atoms with E-state index in [1.54, 1.807) is 0 Å². The summed E-state index contributed by atoms with van der Waals surface area (Å²) in [6.07, 6.45) is 0. The molecule has 0 N–H and O–H groups in total. The molecule has 0 amide bonds. The normalized spacial score (nSPS) is 13.5. The minimum Gasteiger partial charge on any atom is -0.0619 e. The van der Waals surface area contributed by atoms with Crippen molar-refractivity contribution in [2.75, 3.05) is 0 Å². The second kappa shape index (κ2) is 9.64. The fourth-order valence-electron chi connectivity index (χ4n) is 8.67. The highest BCUT2D eigenvalue weighted by Gasteiger charge is 2.33. The molecule has 0 radical (unpaired) electrons. The first-order valence-electron chi connectivity index (χ1n) is 16.6. The van der Waals surface area contributed by atoms with Crippen LogP contribution in [0.5, 0.6) is 0 Å². The lowest BCUT2D eigenvalue weighted by Crippen LogP contribution is -2.23. The SMILES string of the molecule is CC1(C)c2ccccc2-c2cccc3c(-c4cccc5c(-c6cccc7ccccc67)c6c(ccc7ccccc76)cc45)ccc1c23. The van der Waals surface area contributed by atoms with Gasteiger partial charge >= 0.3 is 0 Å². The van der Waals surface area contributed by atoms with Gasteiger partial charge in [0.05, 0.1) is 0 Å². The Kier molecular flexibility index (Phi) is 5.44. The average Bonchev–Trinajstić information content (AvgIpc) is 3.12. The van der Waals surface area contributed by atoms with Crippen molar-refractivity contribution in [3.63, 3.8) is 0 Å². The first kappa shape index (κ1) is 26.5. The van der Waals surface area contributed by atoms with E-state index in [2.05, 4.69) is 172 Å². The van der Waals surface area contributed by atoms with Gasteiger partial charge in [0.1, 0.15) is 0 Å². The van der Waals surface area contributed by atoms with Gasteiger partial charge in [0, 0.05) is 5.41 Å². The van der Waals surface area contributed by atoms with Gasteiger partial charge in [-0.2, -0.15) is 0 Å². The Morgan fingerprint density at radius 3 is 1.77 bits per heavy atom. The minimum atomic E-state index is -0.0841. The molecule has 0 atom stereocenters. The van der Waals surface area contributed by atoms with Gasteiger partial charge in [-0.3, -0.25) is 0 Å². The molecule has 0 aliphatic heterocycles. The van der Waals surface area contributed by atoms with Crippen molar-refractivity contribution >= 4 is 53.9 Å². The maximum atomic E-state index is 2.44. The number of rotatable bonds is 2. The van der Waals surface area contributed by atoms with Crippen LogP contribution < -0.4 is 0 Å². The fourth-order valence-corrected chi connectivity index (χ4v) is 8.67. The van der Waals surface area contributed by atoms with E-state index in [0.717, 1.165) is 0 Å². The first-order valence-corrected chi connectivity index (χ1v) is 16.6. The molecule has 9 aromatic carbocycles. The van der Waals surface area contributed by atoms with Crippen molar-refractivity contribution in [1.29, 1.82) is 0 Å². The first-order chi connectivity index (χ1) is 23.1. The predicted molar refractivity (Wildman–Crippen MR) is 202 cm³/mol. The number of hydrogen-bond donors (Lipinski definition) is 0. The molecule has 0 heteroatoms. The molecule has 0 unspecified atom stereocenters. The molecule has 10 rings (SSSR count). The monoisotopic (exact) mass is 596 g/mol. The third-order valence-electron chi connectivity index (χ3n) is 10.8. The third kappa shape index (κ3) is 3.64. The Balaban J connectivity index is 1.35. The van der Waals surface area contributed by atoms with Gasteiger partial charge < -0.3 is 0 Å². The summed E-state index contributed by atoms with van der Waals surface area (Å²) in [4.78, 5) is 0. The molecule has 0 heterocycles. The lowest BCUT2D eigenvalue weighted by Gasteiger charge is -2.35. The van der Waals surface area contributed by atoms with Crippen LogP contribution >= 0.6 is 0 Å². The maximum Gasteiger partial charge on any atom is 0.0159 e. The van der Waals surface area contributed by atoms with E-state index in [4.69, 9.17) is 0 Å². The summed E-state index contributed by atoms with van der Waals surface area (Å²) in [7, 11) is 0. The number of fused-ring (bicyclic) bond motifs is 7. The molecule has 1 aliphatic rings. The predicted octanol–water partition coefficient (Wildman–Crippen LogP) is 13.1. The van der Waals surface area contributed by atoms with Crippen LogP contribution in [0.15, 0.2) is 158 Å². The van der Waals surface area contributed by atoms with Crippen molar-refractivity contribution in [3.05, 3.63) is 169 Å². The summed E-state index contributed by atoms with van der Waals surface area (Å²) in [6.45, 7) is 4.75. The van der Waals surface area contributed by atoms with E-state index in [-0.39, 0.29) is 5.41 Å². The molecule has 1 aliphatic carbocycles. The molecule has 0 fully saturated rings. The Bertz CT molecular complexity index is 2750. The highest BCUT2D eigenvalue weighted by molar-refractivity contribution is 6.26. The lowest BCUT2D eigenvalue weighted by molar-refractivity contribution is 0.645. The molecular weight excluding hydrogens is 565 g/mol. The van der Waals surface area contributed by atoms with Gasteiger partial charge in [0.25, 0.3) is 0 Å². The molecular formula is C47H32. The van der Waals surface area contributed by atoms with Crippen LogP contribution in [-0.4, -0.2) is 0 Å². The topological polar surface area (TPSA) is 0 Å². The quantitative estimate of drug-likeness (QED) is 0.138. The summed E-state index contributed by atoms with van der Waals surface area (Å²) < 4.78 is 0. The van der Waals surface area contributed by atoms with Crippen molar-refractivity contribution in [1.82, 2.24) is 0 Å².